The first kappa shape index (κ1) is 37.7. The topological polar surface area (TPSA) is 103 Å². The molecule has 1 saturated heterocycles. The van der Waals surface area contributed by atoms with Crippen molar-refractivity contribution >= 4 is 5.97 Å². The van der Waals surface area contributed by atoms with Gasteiger partial charge >= 0.3 is 5.97 Å². The van der Waals surface area contributed by atoms with E-state index < -0.39 is 11.9 Å². The third-order valence-corrected chi connectivity index (χ3v) is 16.7. The first-order valence-corrected chi connectivity index (χ1v) is 20.0. The van der Waals surface area contributed by atoms with E-state index in [4.69, 9.17) is 19.6 Å². The lowest BCUT2D eigenvalue weighted by atomic mass is 9.34. The van der Waals surface area contributed by atoms with Gasteiger partial charge in [0, 0.05) is 34.3 Å². The average molecular weight is 716 g/mol. The van der Waals surface area contributed by atoms with Gasteiger partial charge in [0.25, 0.3) is 0 Å². The molecule has 0 aromatic carbocycles. The second kappa shape index (κ2) is 12.7. The lowest BCUT2D eigenvalue weighted by molar-refractivity contribution is -0.253. The third kappa shape index (κ3) is 5.25. The molecule has 9 heteroatoms. The maximum atomic E-state index is 13.6. The number of allylic oxidation sites excluding steroid dienone is 1. The third-order valence-electron chi connectivity index (χ3n) is 16.7. The fourth-order valence-electron chi connectivity index (χ4n) is 12.7. The largest absolute Gasteiger partial charge is 0.481 e. The minimum absolute atomic E-state index is 0.0668. The second-order valence-corrected chi connectivity index (χ2v) is 19.8. The molecule has 286 valence electrons. The summed E-state index contributed by atoms with van der Waals surface area (Å²) in [7, 11) is 4.24. The van der Waals surface area contributed by atoms with Crippen LogP contribution in [0.25, 0.3) is 11.4 Å². The first-order chi connectivity index (χ1) is 24.4. The zero-order valence-electron chi connectivity index (χ0n) is 33.8. The van der Waals surface area contributed by atoms with Crippen LogP contribution in [0.2, 0.25) is 0 Å². The number of carboxylic acid groups (broad SMARTS) is 1. The number of hydrogen-bond acceptors (Lipinski definition) is 7. The van der Waals surface area contributed by atoms with Crippen LogP contribution in [0.15, 0.2) is 42.5 Å². The summed E-state index contributed by atoms with van der Waals surface area (Å²) in [5.74, 6) is 1.23. The predicted octanol–water partition coefficient (Wildman–Crippen LogP) is 8.20. The van der Waals surface area contributed by atoms with Crippen molar-refractivity contribution in [2.24, 2.45) is 56.7 Å². The fraction of sp³-hybridized carbons (Fsp3) is 0.767. The number of ether oxygens (including phenoxy) is 2. The van der Waals surface area contributed by atoms with Crippen LogP contribution < -0.4 is 0 Å². The van der Waals surface area contributed by atoms with Crippen molar-refractivity contribution in [1.82, 2.24) is 24.6 Å². The molecule has 5 aliphatic rings. The highest BCUT2D eigenvalue weighted by atomic mass is 16.5. The predicted molar refractivity (Wildman–Crippen MR) is 203 cm³/mol. The molecule has 2 aromatic heterocycles. The van der Waals surface area contributed by atoms with Gasteiger partial charge in [-0.1, -0.05) is 60.1 Å². The summed E-state index contributed by atoms with van der Waals surface area (Å²) >= 11 is 0. The van der Waals surface area contributed by atoms with Crippen molar-refractivity contribution in [2.75, 3.05) is 33.9 Å². The molecule has 1 N–H and O–H groups in total. The van der Waals surface area contributed by atoms with Crippen molar-refractivity contribution in [1.29, 1.82) is 0 Å². The van der Waals surface area contributed by atoms with Gasteiger partial charge in [-0.05, 0) is 119 Å². The zero-order chi connectivity index (χ0) is 37.6. The number of likely N-dealkylation sites (N-methyl/N-ethyl adjacent to an activating group) is 1. The van der Waals surface area contributed by atoms with E-state index in [1.165, 1.54) is 5.57 Å². The molecule has 9 nitrogen and oxygen atoms in total. The van der Waals surface area contributed by atoms with E-state index in [-0.39, 0.29) is 44.8 Å². The van der Waals surface area contributed by atoms with Gasteiger partial charge in [-0.15, -0.1) is 0 Å². The van der Waals surface area contributed by atoms with Crippen LogP contribution in [0.5, 0.6) is 0 Å². The Balaban J connectivity index is 1.35. The number of fused-ring (bicyclic) bond motifs is 3. The smallest absolute Gasteiger partial charge is 0.307 e. The SMILES string of the molecule is CC(C)[C@@H](C)[C@@]1(C)CC[C@]2(C)[C@H]3CC[C@@H]4[C@@]5(COC[C@]4(C)[C@@H](OCC(C)(C)N(C)C)[C@H](n4ncnc4-c4ccncc4)C5)C3=CC[C@@]2(C)[C@@H]1C(=O)O. The van der Waals surface area contributed by atoms with E-state index in [0.29, 0.717) is 43.5 Å². The molecule has 4 aliphatic carbocycles. The highest BCUT2D eigenvalue weighted by Crippen LogP contribution is 2.75. The molecule has 3 saturated carbocycles. The lowest BCUT2D eigenvalue weighted by Gasteiger charge is -2.71. The van der Waals surface area contributed by atoms with E-state index in [0.717, 1.165) is 49.9 Å². The van der Waals surface area contributed by atoms with Gasteiger partial charge in [0.15, 0.2) is 5.82 Å². The molecular formula is C43H65N5O4. The maximum absolute atomic E-state index is 13.6. The number of carboxylic acids is 1. The maximum Gasteiger partial charge on any atom is 0.307 e. The zero-order valence-corrected chi connectivity index (χ0v) is 33.8. The molecule has 0 radical (unpaired) electrons. The van der Waals surface area contributed by atoms with E-state index in [9.17, 15) is 9.90 Å². The Morgan fingerprint density at radius 1 is 1.08 bits per heavy atom. The van der Waals surface area contributed by atoms with Gasteiger partial charge in [0.2, 0.25) is 0 Å². The molecular weight excluding hydrogens is 651 g/mol. The number of rotatable bonds is 9. The number of aromatic nitrogens is 4. The Labute approximate surface area is 312 Å². The summed E-state index contributed by atoms with van der Waals surface area (Å²) in [6.07, 6.45) is 13.5. The minimum Gasteiger partial charge on any atom is -0.481 e. The molecule has 52 heavy (non-hydrogen) atoms. The molecule has 0 unspecified atom stereocenters. The van der Waals surface area contributed by atoms with E-state index >= 15 is 0 Å². The Morgan fingerprint density at radius 2 is 1.79 bits per heavy atom. The number of hydrogen-bond donors (Lipinski definition) is 1. The summed E-state index contributed by atoms with van der Waals surface area (Å²) in [5.41, 5.74) is 1.14. The Kier molecular flexibility index (Phi) is 9.22. The molecule has 1 aliphatic heterocycles. The number of nitrogens with zero attached hydrogens (tertiary/aromatic N) is 5. The molecule has 2 aromatic rings. The van der Waals surface area contributed by atoms with Crippen LogP contribution in [-0.2, 0) is 14.3 Å². The van der Waals surface area contributed by atoms with Crippen molar-refractivity contribution in [2.45, 2.75) is 119 Å². The standard InChI is InChI=1S/C43H65N5O4/c1-27(2)28(3)39(6)18-19-41(8)30-12-13-33-40(7)24-51-25-43(33,31(30)14-17-42(41,9)34(39)37(49)50)22-32(35(40)52-23-38(4,5)47(10)11)48-36(45-26-46-48)29-15-20-44-21-16-29/h14-16,20-21,26-28,30,32-35H,12-13,17-19,22-25H2,1-11H3,(H,49,50)/t28-,30+,32-,33+,34-,35+,39-,40+,41-,42+,43+/m1/s1. The fourth-order valence-corrected chi connectivity index (χ4v) is 12.7. The summed E-state index contributed by atoms with van der Waals surface area (Å²) in [6, 6.07) is 3.96. The van der Waals surface area contributed by atoms with Crippen molar-refractivity contribution in [3.05, 3.63) is 42.5 Å². The van der Waals surface area contributed by atoms with Gasteiger partial charge in [0.05, 0.1) is 37.9 Å². The summed E-state index contributed by atoms with van der Waals surface area (Å²) in [6.45, 7) is 22.7. The first-order valence-electron chi connectivity index (χ1n) is 20.0. The summed E-state index contributed by atoms with van der Waals surface area (Å²) < 4.78 is 16.2. The normalized spacial score (nSPS) is 40.8. The minimum atomic E-state index is -0.617. The van der Waals surface area contributed by atoms with Crippen LogP contribution in [-0.4, -0.2) is 81.3 Å². The monoisotopic (exact) mass is 716 g/mol. The van der Waals surface area contributed by atoms with Crippen molar-refractivity contribution in [3.63, 3.8) is 0 Å². The van der Waals surface area contributed by atoms with Gasteiger partial charge in [0.1, 0.15) is 6.33 Å². The highest BCUT2D eigenvalue weighted by Gasteiger charge is 2.72. The molecule has 7 rings (SSSR count). The quantitative estimate of drug-likeness (QED) is 0.260. The van der Waals surface area contributed by atoms with Crippen LogP contribution in [0.1, 0.15) is 107 Å². The van der Waals surface area contributed by atoms with E-state index in [1.807, 2.05) is 24.5 Å². The summed E-state index contributed by atoms with van der Waals surface area (Å²) in [4.78, 5) is 24.9. The van der Waals surface area contributed by atoms with Gasteiger partial charge in [-0.2, -0.15) is 5.10 Å². The average Bonchev–Trinajstić information content (AvgIpc) is 3.58. The van der Waals surface area contributed by atoms with Gasteiger partial charge in [-0.25, -0.2) is 9.67 Å². The van der Waals surface area contributed by atoms with Crippen LogP contribution in [0.4, 0.5) is 0 Å². The van der Waals surface area contributed by atoms with Crippen LogP contribution in [0.3, 0.4) is 0 Å². The molecule has 0 spiro atoms. The van der Waals surface area contributed by atoms with Crippen LogP contribution >= 0.6 is 0 Å². The van der Waals surface area contributed by atoms with Gasteiger partial charge in [-0.3, -0.25) is 9.78 Å². The molecule has 11 atom stereocenters. The number of pyridine rings is 1. The Hall–Kier alpha value is -2.62. The van der Waals surface area contributed by atoms with Crippen molar-refractivity contribution < 1.29 is 19.4 Å². The number of carbonyl (C=O) groups is 1. The highest BCUT2D eigenvalue weighted by molar-refractivity contribution is 5.73. The lowest BCUT2D eigenvalue weighted by Crippen LogP contribution is -2.69. The van der Waals surface area contributed by atoms with Gasteiger partial charge < -0.3 is 19.5 Å². The van der Waals surface area contributed by atoms with E-state index in [1.54, 1.807) is 6.33 Å². The molecule has 3 heterocycles. The molecule has 4 fully saturated rings. The van der Waals surface area contributed by atoms with E-state index in [2.05, 4.69) is 97.1 Å². The second-order valence-electron chi connectivity index (χ2n) is 19.8. The molecule has 2 bridgehead atoms. The summed E-state index contributed by atoms with van der Waals surface area (Å²) in [5, 5.41) is 16.1. The Morgan fingerprint density at radius 3 is 2.44 bits per heavy atom. The van der Waals surface area contributed by atoms with Crippen molar-refractivity contribution in [3.8, 4) is 11.4 Å². The Bertz CT molecular complexity index is 1690. The van der Waals surface area contributed by atoms with Crippen LogP contribution in [0, 0.1) is 56.7 Å². The number of aliphatic carboxylic acids is 1. The molecule has 0 amide bonds.